The zero-order chi connectivity index (χ0) is 10.5. The summed E-state index contributed by atoms with van der Waals surface area (Å²) in [5, 5.41) is 16.7. The molecule has 0 fully saturated rings. The number of hydrogen-bond acceptors (Lipinski definition) is 4. The molecule has 13 heavy (non-hydrogen) atoms. The zero-order valence-electron chi connectivity index (χ0n) is 7.90. The van der Waals surface area contributed by atoms with Crippen molar-refractivity contribution in [1.82, 2.24) is 0 Å². The van der Waals surface area contributed by atoms with Gasteiger partial charge in [-0.3, -0.25) is 0 Å². The van der Waals surface area contributed by atoms with E-state index in [1.165, 1.54) is 0 Å². The Hall–Kier alpha value is -0.600. The van der Waals surface area contributed by atoms with Crippen LogP contribution >= 0.6 is 0 Å². The van der Waals surface area contributed by atoms with Gasteiger partial charge in [0.05, 0.1) is 29.6 Å². The van der Waals surface area contributed by atoms with Gasteiger partial charge in [-0.2, -0.15) is 5.26 Å². The van der Waals surface area contributed by atoms with Crippen LogP contribution in [0.25, 0.3) is 0 Å². The van der Waals surface area contributed by atoms with Crippen molar-refractivity contribution in [3.63, 3.8) is 0 Å². The van der Waals surface area contributed by atoms with Crippen LogP contribution in [0.2, 0.25) is 0 Å². The van der Waals surface area contributed by atoms with E-state index in [0.29, 0.717) is 0 Å². The second-order valence-electron chi connectivity index (χ2n) is 3.21. The Bertz CT molecular complexity index is 276. The highest BCUT2D eigenvalue weighted by molar-refractivity contribution is 7.91. The molecule has 4 nitrogen and oxygen atoms in total. The molecule has 0 aliphatic carbocycles. The molecule has 1 unspecified atom stereocenters. The summed E-state index contributed by atoms with van der Waals surface area (Å²) in [6.07, 6.45) is 0.216. The molecule has 0 amide bonds. The molecule has 0 bridgehead atoms. The summed E-state index contributed by atoms with van der Waals surface area (Å²) in [6.45, 7) is 2.94. The van der Waals surface area contributed by atoms with Crippen molar-refractivity contribution in [2.24, 2.45) is 5.92 Å². The SMILES string of the molecule is CC(C)S(=O)(=O)CCC(C#N)CO. The Labute approximate surface area is 79.1 Å². The van der Waals surface area contributed by atoms with Gasteiger partial charge in [0, 0.05) is 0 Å². The van der Waals surface area contributed by atoms with E-state index in [0.717, 1.165) is 0 Å². The summed E-state index contributed by atoms with van der Waals surface area (Å²) in [5.41, 5.74) is 0. The molecule has 76 valence electrons. The predicted molar refractivity (Wildman–Crippen MR) is 49.7 cm³/mol. The van der Waals surface area contributed by atoms with Gasteiger partial charge in [-0.1, -0.05) is 0 Å². The molecule has 0 aliphatic rings. The maximum absolute atomic E-state index is 11.3. The van der Waals surface area contributed by atoms with Crippen molar-refractivity contribution in [1.29, 1.82) is 5.26 Å². The fraction of sp³-hybridized carbons (Fsp3) is 0.875. The minimum atomic E-state index is -3.08. The second-order valence-corrected chi connectivity index (χ2v) is 5.89. The summed E-state index contributed by atoms with van der Waals surface area (Å²) in [7, 11) is -3.08. The number of rotatable bonds is 5. The molecule has 0 aromatic heterocycles. The van der Waals surface area contributed by atoms with E-state index in [2.05, 4.69) is 0 Å². The number of hydrogen-bond donors (Lipinski definition) is 1. The number of aliphatic hydroxyl groups is 1. The molecule has 0 aliphatic heterocycles. The molecule has 0 saturated carbocycles. The lowest BCUT2D eigenvalue weighted by Gasteiger charge is -2.08. The topological polar surface area (TPSA) is 78.2 Å². The van der Waals surface area contributed by atoms with E-state index in [1.807, 2.05) is 6.07 Å². The first-order chi connectivity index (χ1) is 5.94. The smallest absolute Gasteiger partial charge is 0.152 e. The standard InChI is InChI=1S/C8H15NO3S/c1-7(2)13(11,12)4-3-8(5-9)6-10/h7-8,10H,3-4,6H2,1-2H3. The minimum absolute atomic E-state index is 0.0244. The molecule has 0 spiro atoms. The van der Waals surface area contributed by atoms with E-state index in [1.54, 1.807) is 13.8 Å². The molecular weight excluding hydrogens is 190 g/mol. The zero-order valence-corrected chi connectivity index (χ0v) is 8.71. The van der Waals surface area contributed by atoms with Gasteiger partial charge >= 0.3 is 0 Å². The normalized spacial score (nSPS) is 14.1. The molecule has 0 aromatic rings. The summed E-state index contributed by atoms with van der Waals surface area (Å²) >= 11 is 0. The van der Waals surface area contributed by atoms with Crippen LogP contribution in [0, 0.1) is 17.2 Å². The molecule has 0 rings (SSSR count). The molecule has 0 aromatic carbocycles. The lowest BCUT2D eigenvalue weighted by atomic mass is 10.1. The lowest BCUT2D eigenvalue weighted by Crippen LogP contribution is -2.20. The van der Waals surface area contributed by atoms with Crippen molar-refractivity contribution >= 4 is 9.84 Å². The first kappa shape index (κ1) is 12.4. The van der Waals surface area contributed by atoms with Gasteiger partial charge in [0.1, 0.15) is 0 Å². The average Bonchev–Trinajstić information content (AvgIpc) is 2.06. The molecule has 1 N–H and O–H groups in total. The fourth-order valence-electron chi connectivity index (χ4n) is 0.739. The lowest BCUT2D eigenvalue weighted by molar-refractivity contribution is 0.253. The maximum Gasteiger partial charge on any atom is 0.152 e. The van der Waals surface area contributed by atoms with Gasteiger partial charge in [0.25, 0.3) is 0 Å². The second kappa shape index (κ2) is 5.20. The summed E-state index contributed by atoms with van der Waals surface area (Å²) in [5.74, 6) is -0.586. The predicted octanol–water partition coefficient (Wildman–Crippen LogP) is 0.332. The van der Waals surface area contributed by atoms with E-state index < -0.39 is 21.0 Å². The van der Waals surface area contributed by atoms with Crippen LogP contribution in [0.15, 0.2) is 0 Å². The minimum Gasteiger partial charge on any atom is -0.395 e. The van der Waals surface area contributed by atoms with E-state index in [9.17, 15) is 8.42 Å². The Kier molecular flexibility index (Phi) is 4.96. The summed E-state index contributed by atoms with van der Waals surface area (Å²) in [4.78, 5) is 0. The van der Waals surface area contributed by atoms with Crippen LogP contribution in [-0.4, -0.2) is 31.1 Å². The van der Waals surface area contributed by atoms with Gasteiger partial charge in [0.2, 0.25) is 0 Å². The Morgan fingerprint density at radius 3 is 2.31 bits per heavy atom. The molecule has 0 heterocycles. The largest absolute Gasteiger partial charge is 0.395 e. The van der Waals surface area contributed by atoms with Crippen LogP contribution < -0.4 is 0 Å². The van der Waals surface area contributed by atoms with Crippen molar-refractivity contribution in [3.8, 4) is 6.07 Å². The number of nitriles is 1. The first-order valence-electron chi connectivity index (χ1n) is 4.16. The van der Waals surface area contributed by atoms with Crippen molar-refractivity contribution < 1.29 is 13.5 Å². The molecule has 5 heteroatoms. The summed E-state index contributed by atoms with van der Waals surface area (Å²) in [6, 6.07) is 1.85. The molecule has 0 saturated heterocycles. The van der Waals surface area contributed by atoms with Crippen molar-refractivity contribution in [3.05, 3.63) is 0 Å². The Balaban J connectivity index is 4.11. The number of sulfone groups is 1. The van der Waals surface area contributed by atoms with Crippen LogP contribution in [0.5, 0.6) is 0 Å². The monoisotopic (exact) mass is 205 g/mol. The van der Waals surface area contributed by atoms with Crippen LogP contribution in [-0.2, 0) is 9.84 Å². The fourth-order valence-corrected chi connectivity index (χ4v) is 1.82. The van der Waals surface area contributed by atoms with E-state index in [-0.39, 0.29) is 18.8 Å². The van der Waals surface area contributed by atoms with Crippen LogP contribution in [0.3, 0.4) is 0 Å². The average molecular weight is 205 g/mol. The van der Waals surface area contributed by atoms with Crippen molar-refractivity contribution in [2.45, 2.75) is 25.5 Å². The highest BCUT2D eigenvalue weighted by Crippen LogP contribution is 2.07. The third kappa shape index (κ3) is 4.25. The third-order valence-electron chi connectivity index (χ3n) is 1.87. The van der Waals surface area contributed by atoms with Crippen LogP contribution in [0.1, 0.15) is 20.3 Å². The molecule has 0 radical (unpaired) electrons. The molecule has 1 atom stereocenters. The quantitative estimate of drug-likeness (QED) is 0.701. The maximum atomic E-state index is 11.3. The van der Waals surface area contributed by atoms with Gasteiger partial charge in [-0.25, -0.2) is 8.42 Å². The first-order valence-corrected chi connectivity index (χ1v) is 5.87. The Morgan fingerprint density at radius 1 is 1.46 bits per heavy atom. The highest BCUT2D eigenvalue weighted by atomic mass is 32.2. The molecular formula is C8H15NO3S. The van der Waals surface area contributed by atoms with E-state index >= 15 is 0 Å². The summed E-state index contributed by atoms with van der Waals surface area (Å²) < 4.78 is 22.6. The third-order valence-corrected chi connectivity index (χ3v) is 4.11. The highest BCUT2D eigenvalue weighted by Gasteiger charge is 2.18. The van der Waals surface area contributed by atoms with Gasteiger partial charge in [-0.15, -0.1) is 0 Å². The van der Waals surface area contributed by atoms with E-state index in [4.69, 9.17) is 10.4 Å². The van der Waals surface area contributed by atoms with Gasteiger partial charge in [-0.05, 0) is 20.3 Å². The van der Waals surface area contributed by atoms with Gasteiger partial charge in [0.15, 0.2) is 9.84 Å². The van der Waals surface area contributed by atoms with Crippen molar-refractivity contribution in [2.75, 3.05) is 12.4 Å². The number of aliphatic hydroxyl groups excluding tert-OH is 1. The number of nitrogens with zero attached hydrogens (tertiary/aromatic N) is 1. The van der Waals surface area contributed by atoms with Crippen LogP contribution in [0.4, 0.5) is 0 Å². The van der Waals surface area contributed by atoms with Gasteiger partial charge < -0.3 is 5.11 Å². The Morgan fingerprint density at radius 2 is 2.00 bits per heavy atom.